The first-order chi connectivity index (χ1) is 34.6. The van der Waals surface area contributed by atoms with Crippen LogP contribution >= 0.6 is 0 Å². The summed E-state index contributed by atoms with van der Waals surface area (Å²) in [7, 11) is 0. The normalized spacial score (nSPS) is 44.8. The smallest absolute Gasteiger partial charge is 0.404 e. The Labute approximate surface area is 417 Å². The number of aliphatic hydroxyl groups excluding tert-OH is 11. The number of amides is 4. The van der Waals surface area contributed by atoms with E-state index in [1.807, 2.05) is 0 Å². The van der Waals surface area contributed by atoms with Crippen molar-refractivity contribution in [2.45, 2.75) is 193 Å². The van der Waals surface area contributed by atoms with Crippen molar-refractivity contribution in [3.63, 3.8) is 0 Å². The fraction of sp³-hybridized carbons (Fsp3) is 0.805. The summed E-state index contributed by atoms with van der Waals surface area (Å²) in [5.74, 6) is -6.00. The first-order valence-corrected chi connectivity index (χ1v) is 22.9. The topological polar surface area (TPSA) is 520 Å². The number of rotatable bonds is 16. The Bertz CT molecular complexity index is 2080. The number of Topliss-reactive ketones (excluding diaryl/α,β-unsaturated/α-hetero) is 1. The van der Waals surface area contributed by atoms with Gasteiger partial charge in [0.05, 0.1) is 19.3 Å². The largest absolute Gasteiger partial charge is 0.510 e. The van der Waals surface area contributed by atoms with Crippen LogP contribution in [0.25, 0.3) is 0 Å². The number of aliphatic hydroxyl groups is 12. The number of carboxylic acids is 1. The molecule has 420 valence electrons. The lowest BCUT2D eigenvalue weighted by atomic mass is 9.85. The molecule has 25 atom stereocenters. The zero-order valence-electron chi connectivity index (χ0n) is 39.6. The van der Waals surface area contributed by atoms with Gasteiger partial charge >= 0.3 is 12.1 Å². The van der Waals surface area contributed by atoms with Gasteiger partial charge in [0.15, 0.2) is 61.6 Å². The quantitative estimate of drug-likeness (QED) is 0.0682. The molecule has 0 spiro atoms. The third kappa shape index (κ3) is 12.4. The van der Waals surface area contributed by atoms with Gasteiger partial charge in [-0.2, -0.15) is 0 Å². The number of hydrogen-bond acceptors (Lipinski definition) is 28. The molecule has 0 radical (unpaired) electrons. The molecule has 0 bridgehead atoms. The molecule has 0 saturated carbocycles. The van der Waals surface area contributed by atoms with E-state index in [2.05, 4.69) is 16.0 Å². The molecule has 18 N–H and O–H groups in total. The molecule has 33 heteroatoms. The predicted octanol–water partition coefficient (Wildman–Crippen LogP) is -9.77. The van der Waals surface area contributed by atoms with Crippen molar-refractivity contribution in [3.8, 4) is 0 Å². The summed E-state index contributed by atoms with van der Waals surface area (Å²) in [6.07, 6.45) is -46.1. The summed E-state index contributed by atoms with van der Waals surface area (Å²) >= 11 is 0. The van der Waals surface area contributed by atoms with Crippen molar-refractivity contribution in [2.24, 2.45) is 5.73 Å². The van der Waals surface area contributed by atoms with Gasteiger partial charge in [-0.05, 0) is 13.8 Å². The SMILES string of the molecule is CC(=O)N[C@H]1[C@H](O[C@H]2[C@H](O)[C@@H](NC(C)=O)[C@H](OC3C(O)O[C@H](C(=O)O)[C@@](C)(O)[C@@H]3OC(N)=O)O[C@@H]2CO[C@@H]2O[C@H](CO)[C@@H](O)[C@H](O)[C@H]2O)O[C@H](C)[C@@H](O[C@@H]2O[C@H](C(=O)NC3=C(O)CCC3=O)[C@H](O)[C@H](O)[C@H]2O)[C@@H]1O. The van der Waals surface area contributed by atoms with Gasteiger partial charge in [-0.3, -0.25) is 19.2 Å². The lowest BCUT2D eigenvalue weighted by Gasteiger charge is -2.51. The van der Waals surface area contributed by atoms with E-state index in [0.717, 1.165) is 20.8 Å². The fourth-order valence-corrected chi connectivity index (χ4v) is 9.20. The van der Waals surface area contributed by atoms with Crippen LogP contribution in [0.1, 0.15) is 40.5 Å². The molecule has 5 aliphatic heterocycles. The zero-order chi connectivity index (χ0) is 55.0. The van der Waals surface area contributed by atoms with E-state index in [1.165, 1.54) is 6.92 Å². The molecule has 1 aliphatic carbocycles. The van der Waals surface area contributed by atoms with Gasteiger partial charge in [0.2, 0.25) is 11.8 Å². The van der Waals surface area contributed by atoms with E-state index >= 15 is 0 Å². The van der Waals surface area contributed by atoms with Crippen LogP contribution in [-0.2, 0) is 71.3 Å². The summed E-state index contributed by atoms with van der Waals surface area (Å²) in [6.45, 7) is 2.18. The summed E-state index contributed by atoms with van der Waals surface area (Å²) in [4.78, 5) is 75.0. The minimum atomic E-state index is -2.74. The highest BCUT2D eigenvalue weighted by molar-refractivity contribution is 6.02. The van der Waals surface area contributed by atoms with Crippen LogP contribution in [-0.4, -0.2) is 268 Å². The van der Waals surface area contributed by atoms with Crippen LogP contribution in [0.3, 0.4) is 0 Å². The summed E-state index contributed by atoms with van der Waals surface area (Å²) < 4.78 is 56.9. The maximum absolute atomic E-state index is 13.2. The molecule has 74 heavy (non-hydrogen) atoms. The third-order valence-electron chi connectivity index (χ3n) is 13.0. The molecule has 5 fully saturated rings. The highest BCUT2D eigenvalue weighted by atomic mass is 16.8. The Balaban J connectivity index is 1.30. The van der Waals surface area contributed by atoms with Gasteiger partial charge in [-0.25, -0.2) is 9.59 Å². The minimum Gasteiger partial charge on any atom is -0.510 e. The first-order valence-electron chi connectivity index (χ1n) is 22.9. The van der Waals surface area contributed by atoms with Crippen molar-refractivity contribution in [1.82, 2.24) is 16.0 Å². The standard InChI is InChI=1S/C41H62N4O29/c1-9-27(69-39-26(58)23(55)24(56)29(71-39)33(59)45-16-12(49)5-6-13(16)50)20(52)17(43-10(2)47)36(66-9)70-28-15(8-65-38-25(57)22(54)19(51)14(7-46)67-38)68-37(18(21(28)53)44-11(3)48)72-30-31(74-40(42)63)41(4,64)32(34(60)61)73-35(30)62/h9,14-15,17-32,35-39,46,49,51-58,62,64H,5-8H2,1-4H3,(H2,42,63)(H,43,47)(H,44,48)(H,45,59)(H,60,61)/t9-,14-,15-,17-,18-,19-,20-,21-,22+,23+,24-,25-,26-,27-,28-,29+,30?,31-,32-,35?,36+,37+,38-,39-,41+/m1/s1. The highest BCUT2D eigenvalue weighted by Gasteiger charge is 2.61. The second-order valence-corrected chi connectivity index (χ2v) is 18.5. The third-order valence-corrected chi connectivity index (χ3v) is 13.0. The minimum absolute atomic E-state index is 0.0958. The molecule has 33 nitrogen and oxygen atoms in total. The van der Waals surface area contributed by atoms with Crippen molar-refractivity contribution >= 4 is 35.6 Å². The average Bonchev–Trinajstić information content (AvgIpc) is 3.63. The molecule has 0 aromatic heterocycles. The fourth-order valence-electron chi connectivity index (χ4n) is 9.20. The molecule has 6 rings (SSSR count). The number of nitrogens with one attached hydrogen (secondary N) is 3. The highest BCUT2D eigenvalue weighted by Crippen LogP contribution is 2.38. The predicted molar refractivity (Wildman–Crippen MR) is 227 cm³/mol. The van der Waals surface area contributed by atoms with Crippen molar-refractivity contribution < 1.29 is 143 Å². The molecule has 5 saturated heterocycles. The van der Waals surface area contributed by atoms with E-state index in [9.17, 15) is 95.2 Å². The van der Waals surface area contributed by atoms with Gasteiger partial charge in [0.1, 0.15) is 102 Å². The number of nitrogens with two attached hydrogens (primary N) is 1. The van der Waals surface area contributed by atoms with Gasteiger partial charge in [-0.1, -0.05) is 0 Å². The van der Waals surface area contributed by atoms with Gasteiger partial charge in [0, 0.05) is 26.7 Å². The van der Waals surface area contributed by atoms with Crippen LogP contribution in [0.5, 0.6) is 0 Å². The molecule has 2 unspecified atom stereocenters. The van der Waals surface area contributed by atoms with Crippen molar-refractivity contribution in [3.05, 3.63) is 11.5 Å². The maximum Gasteiger partial charge on any atom is 0.404 e. The average molecular weight is 1070 g/mol. The van der Waals surface area contributed by atoms with Crippen LogP contribution in [0.15, 0.2) is 11.5 Å². The van der Waals surface area contributed by atoms with Crippen molar-refractivity contribution in [2.75, 3.05) is 13.2 Å². The number of allylic oxidation sites excluding steroid dienone is 2. The van der Waals surface area contributed by atoms with Crippen LogP contribution in [0.4, 0.5) is 4.79 Å². The van der Waals surface area contributed by atoms with Gasteiger partial charge in [-0.15, -0.1) is 0 Å². The number of primary amides is 1. The molecule has 6 aliphatic rings. The number of carbonyl (C=O) groups is 6. The lowest BCUT2D eigenvalue weighted by Crippen LogP contribution is -2.72. The molecule has 0 aromatic carbocycles. The molecule has 5 heterocycles. The monoisotopic (exact) mass is 1070 g/mol. The van der Waals surface area contributed by atoms with Crippen molar-refractivity contribution in [1.29, 1.82) is 0 Å². The molecule has 4 amide bonds. The second kappa shape index (κ2) is 23.8. The number of ether oxygens (including phenoxy) is 10. The van der Waals surface area contributed by atoms with Gasteiger partial charge < -0.3 is 135 Å². The van der Waals surface area contributed by atoms with Gasteiger partial charge in [0.25, 0.3) is 5.91 Å². The van der Waals surface area contributed by atoms with Crippen LogP contribution < -0.4 is 21.7 Å². The molecular formula is C41H62N4O29. The summed E-state index contributed by atoms with van der Waals surface area (Å²) in [5.41, 5.74) is 1.98. The first kappa shape index (κ1) is 58.8. The maximum atomic E-state index is 13.2. The summed E-state index contributed by atoms with van der Waals surface area (Å²) in [5, 5.41) is 147. The zero-order valence-corrected chi connectivity index (χ0v) is 39.6. The van der Waals surface area contributed by atoms with E-state index in [4.69, 9.17) is 53.1 Å². The lowest BCUT2D eigenvalue weighted by molar-refractivity contribution is -0.377. The summed E-state index contributed by atoms with van der Waals surface area (Å²) in [6, 6.07) is -3.68. The molecular weight excluding hydrogens is 1010 g/mol. The number of aliphatic carboxylic acids is 1. The van der Waals surface area contributed by atoms with E-state index < -0.39 is 213 Å². The Morgan fingerprint density at radius 2 is 1.23 bits per heavy atom. The van der Waals surface area contributed by atoms with E-state index in [-0.39, 0.29) is 12.8 Å². The number of carbonyl (C=O) groups excluding carboxylic acids is 5. The van der Waals surface area contributed by atoms with Crippen LogP contribution in [0.2, 0.25) is 0 Å². The second-order valence-electron chi connectivity index (χ2n) is 18.5. The Kier molecular flexibility index (Phi) is 19.0. The van der Waals surface area contributed by atoms with E-state index in [0.29, 0.717) is 0 Å². The number of ketones is 1. The Morgan fingerprint density at radius 1 is 0.689 bits per heavy atom. The Morgan fingerprint density at radius 3 is 1.78 bits per heavy atom. The number of hydrogen-bond donors (Lipinski definition) is 17. The van der Waals surface area contributed by atoms with E-state index in [1.54, 1.807) is 0 Å². The Hall–Kier alpha value is -4.44. The molecule has 0 aromatic rings. The number of carboxylic acid groups (broad SMARTS) is 1. The van der Waals surface area contributed by atoms with Crippen LogP contribution in [0, 0.1) is 0 Å².